The van der Waals surface area contributed by atoms with E-state index in [-0.39, 0.29) is 12.5 Å². The Bertz CT molecular complexity index is 546. The standard InChI is InChI=1S/C16H19NO2/c18-11-4-3-10-16(19)17-12-14-8-5-7-13-6-1-2-9-15(13)14/h1-2,5-9,18H,3-4,10-12H2,(H,17,19). The van der Waals surface area contributed by atoms with Gasteiger partial charge >= 0.3 is 0 Å². The van der Waals surface area contributed by atoms with Crippen molar-refractivity contribution in [3.8, 4) is 0 Å². The summed E-state index contributed by atoms with van der Waals surface area (Å²) in [7, 11) is 0. The van der Waals surface area contributed by atoms with Gasteiger partial charge in [-0.1, -0.05) is 42.5 Å². The topological polar surface area (TPSA) is 49.3 Å². The fourth-order valence-electron chi connectivity index (χ4n) is 2.13. The number of fused-ring (bicyclic) bond motifs is 1. The van der Waals surface area contributed by atoms with Crippen LogP contribution in [0.1, 0.15) is 24.8 Å². The zero-order valence-electron chi connectivity index (χ0n) is 10.9. The number of aliphatic hydroxyl groups excluding tert-OH is 1. The molecule has 0 aliphatic rings. The Morgan fingerprint density at radius 1 is 1.05 bits per heavy atom. The van der Waals surface area contributed by atoms with Crippen LogP contribution in [0, 0.1) is 0 Å². The molecule has 3 nitrogen and oxygen atoms in total. The third-order valence-electron chi connectivity index (χ3n) is 3.17. The van der Waals surface area contributed by atoms with Crippen LogP contribution in [-0.4, -0.2) is 17.6 Å². The number of aliphatic hydroxyl groups is 1. The number of unbranched alkanes of at least 4 members (excludes halogenated alkanes) is 1. The zero-order valence-corrected chi connectivity index (χ0v) is 10.9. The van der Waals surface area contributed by atoms with Crippen LogP contribution in [-0.2, 0) is 11.3 Å². The van der Waals surface area contributed by atoms with Crippen molar-refractivity contribution in [3.05, 3.63) is 48.0 Å². The van der Waals surface area contributed by atoms with Gasteiger partial charge in [-0.05, 0) is 29.2 Å². The number of nitrogens with one attached hydrogen (secondary N) is 1. The van der Waals surface area contributed by atoms with Crippen LogP contribution in [0.3, 0.4) is 0 Å². The lowest BCUT2D eigenvalue weighted by Crippen LogP contribution is -2.22. The average Bonchev–Trinajstić information content (AvgIpc) is 2.45. The largest absolute Gasteiger partial charge is 0.396 e. The summed E-state index contributed by atoms with van der Waals surface area (Å²) in [6.07, 6.45) is 1.89. The lowest BCUT2D eigenvalue weighted by atomic mass is 10.0. The molecule has 2 rings (SSSR count). The summed E-state index contributed by atoms with van der Waals surface area (Å²) in [5.41, 5.74) is 1.13. The zero-order chi connectivity index (χ0) is 13.5. The van der Waals surface area contributed by atoms with E-state index in [9.17, 15) is 4.79 Å². The molecule has 0 bridgehead atoms. The molecule has 0 radical (unpaired) electrons. The van der Waals surface area contributed by atoms with Gasteiger partial charge in [0, 0.05) is 19.6 Å². The monoisotopic (exact) mass is 257 g/mol. The van der Waals surface area contributed by atoms with Gasteiger partial charge in [-0.15, -0.1) is 0 Å². The molecule has 2 N–H and O–H groups in total. The molecule has 0 atom stereocenters. The van der Waals surface area contributed by atoms with Gasteiger partial charge < -0.3 is 10.4 Å². The number of rotatable bonds is 6. The van der Waals surface area contributed by atoms with E-state index in [1.165, 1.54) is 10.8 Å². The number of hydrogen-bond donors (Lipinski definition) is 2. The predicted octanol–water partition coefficient (Wildman–Crippen LogP) is 2.62. The van der Waals surface area contributed by atoms with Gasteiger partial charge in [-0.2, -0.15) is 0 Å². The number of benzene rings is 2. The highest BCUT2D eigenvalue weighted by atomic mass is 16.2. The van der Waals surface area contributed by atoms with Crippen molar-refractivity contribution in [3.63, 3.8) is 0 Å². The maximum Gasteiger partial charge on any atom is 0.220 e. The van der Waals surface area contributed by atoms with Gasteiger partial charge in [0.05, 0.1) is 0 Å². The molecule has 0 saturated carbocycles. The Morgan fingerprint density at radius 3 is 2.68 bits per heavy atom. The molecule has 0 fully saturated rings. The third kappa shape index (κ3) is 3.80. The highest BCUT2D eigenvalue weighted by Crippen LogP contribution is 2.18. The van der Waals surface area contributed by atoms with Crippen LogP contribution >= 0.6 is 0 Å². The second kappa shape index (κ2) is 6.90. The summed E-state index contributed by atoms with van der Waals surface area (Å²) >= 11 is 0. The molecule has 100 valence electrons. The first-order valence-electron chi connectivity index (χ1n) is 6.65. The molecule has 3 heteroatoms. The first kappa shape index (κ1) is 13.6. The second-order valence-corrected chi connectivity index (χ2v) is 4.60. The predicted molar refractivity (Wildman–Crippen MR) is 76.7 cm³/mol. The Hall–Kier alpha value is -1.87. The van der Waals surface area contributed by atoms with Gasteiger partial charge in [0.2, 0.25) is 5.91 Å². The summed E-state index contributed by atoms with van der Waals surface area (Å²) in [5, 5.41) is 14.0. The van der Waals surface area contributed by atoms with Crippen LogP contribution < -0.4 is 5.32 Å². The van der Waals surface area contributed by atoms with Gasteiger partial charge in [0.15, 0.2) is 0 Å². The van der Waals surface area contributed by atoms with E-state index in [4.69, 9.17) is 5.11 Å². The summed E-state index contributed by atoms with van der Waals surface area (Å²) in [6, 6.07) is 14.3. The number of hydrogen-bond acceptors (Lipinski definition) is 2. The van der Waals surface area contributed by atoms with E-state index in [1.807, 2.05) is 24.3 Å². The SMILES string of the molecule is O=C(CCCCO)NCc1cccc2ccccc12. The van der Waals surface area contributed by atoms with Crippen molar-refractivity contribution in [1.29, 1.82) is 0 Å². The highest BCUT2D eigenvalue weighted by molar-refractivity contribution is 5.86. The highest BCUT2D eigenvalue weighted by Gasteiger charge is 2.03. The molecule has 0 spiro atoms. The molecular weight excluding hydrogens is 238 g/mol. The fourth-order valence-corrected chi connectivity index (χ4v) is 2.13. The van der Waals surface area contributed by atoms with Crippen molar-refractivity contribution >= 4 is 16.7 Å². The van der Waals surface area contributed by atoms with E-state index < -0.39 is 0 Å². The summed E-state index contributed by atoms with van der Waals surface area (Å²) in [4.78, 5) is 11.6. The van der Waals surface area contributed by atoms with E-state index in [0.29, 0.717) is 19.4 Å². The minimum Gasteiger partial charge on any atom is -0.396 e. The smallest absolute Gasteiger partial charge is 0.220 e. The minimum absolute atomic E-state index is 0.0429. The van der Waals surface area contributed by atoms with Gasteiger partial charge in [-0.25, -0.2) is 0 Å². The first-order chi connectivity index (χ1) is 9.31. The first-order valence-corrected chi connectivity index (χ1v) is 6.65. The molecule has 0 aromatic heterocycles. The van der Waals surface area contributed by atoms with Crippen molar-refractivity contribution in [1.82, 2.24) is 5.32 Å². The van der Waals surface area contributed by atoms with Crippen LogP contribution in [0.15, 0.2) is 42.5 Å². The van der Waals surface area contributed by atoms with E-state index in [0.717, 1.165) is 12.0 Å². The Balaban J connectivity index is 1.96. The molecule has 1 amide bonds. The molecular formula is C16H19NO2. The molecule has 2 aromatic carbocycles. The van der Waals surface area contributed by atoms with Crippen molar-refractivity contribution in [2.75, 3.05) is 6.61 Å². The van der Waals surface area contributed by atoms with E-state index in [2.05, 4.69) is 23.5 Å². The normalized spacial score (nSPS) is 10.6. The molecule has 0 aliphatic heterocycles. The number of amides is 1. The van der Waals surface area contributed by atoms with E-state index >= 15 is 0 Å². The van der Waals surface area contributed by atoms with Crippen LogP contribution in [0.5, 0.6) is 0 Å². The molecule has 0 aliphatic carbocycles. The number of carbonyl (C=O) groups excluding carboxylic acids is 1. The lowest BCUT2D eigenvalue weighted by molar-refractivity contribution is -0.121. The fraction of sp³-hybridized carbons (Fsp3) is 0.312. The summed E-state index contributed by atoms with van der Waals surface area (Å²) < 4.78 is 0. The molecule has 0 heterocycles. The van der Waals surface area contributed by atoms with Crippen molar-refractivity contribution in [2.24, 2.45) is 0 Å². The van der Waals surface area contributed by atoms with Crippen LogP contribution in [0.2, 0.25) is 0 Å². The minimum atomic E-state index is 0.0429. The second-order valence-electron chi connectivity index (χ2n) is 4.60. The summed E-state index contributed by atoms with van der Waals surface area (Å²) in [6.45, 7) is 0.704. The Morgan fingerprint density at radius 2 is 1.84 bits per heavy atom. The number of carbonyl (C=O) groups is 1. The third-order valence-corrected chi connectivity index (χ3v) is 3.17. The van der Waals surface area contributed by atoms with Gasteiger partial charge in [0.1, 0.15) is 0 Å². The molecule has 2 aromatic rings. The quantitative estimate of drug-likeness (QED) is 0.781. The van der Waals surface area contributed by atoms with Crippen molar-refractivity contribution in [2.45, 2.75) is 25.8 Å². The van der Waals surface area contributed by atoms with Gasteiger partial charge in [-0.3, -0.25) is 4.79 Å². The van der Waals surface area contributed by atoms with Gasteiger partial charge in [0.25, 0.3) is 0 Å². The van der Waals surface area contributed by atoms with Crippen LogP contribution in [0.4, 0.5) is 0 Å². The van der Waals surface area contributed by atoms with E-state index in [1.54, 1.807) is 0 Å². The maximum absolute atomic E-state index is 11.6. The molecule has 19 heavy (non-hydrogen) atoms. The Labute approximate surface area is 113 Å². The Kier molecular flexibility index (Phi) is 4.93. The summed E-state index contributed by atoms with van der Waals surface area (Å²) in [5.74, 6) is 0.0429. The van der Waals surface area contributed by atoms with Crippen LogP contribution in [0.25, 0.3) is 10.8 Å². The molecule has 0 saturated heterocycles. The maximum atomic E-state index is 11.6. The van der Waals surface area contributed by atoms with Crippen molar-refractivity contribution < 1.29 is 9.90 Å². The molecule has 0 unspecified atom stereocenters. The average molecular weight is 257 g/mol. The lowest BCUT2D eigenvalue weighted by Gasteiger charge is -2.08.